The minimum atomic E-state index is -4.56. The second kappa shape index (κ2) is 10.5. The molecule has 0 heterocycles. The van der Waals surface area contributed by atoms with Gasteiger partial charge >= 0.3 is 12.1 Å². The fourth-order valence-corrected chi connectivity index (χ4v) is 2.49. The third-order valence-electron chi connectivity index (χ3n) is 3.96. The van der Waals surface area contributed by atoms with Gasteiger partial charge in [0.2, 0.25) is 0 Å². The minimum Gasteiger partial charge on any atom is -0.493 e. The van der Waals surface area contributed by atoms with Crippen LogP contribution < -0.4 is 15.4 Å². The number of alkyl halides is 3. The summed E-state index contributed by atoms with van der Waals surface area (Å²) in [5, 5.41) is 4.62. The van der Waals surface area contributed by atoms with Gasteiger partial charge in [-0.25, -0.2) is 0 Å². The van der Waals surface area contributed by atoms with Gasteiger partial charge in [-0.3, -0.25) is 14.4 Å². The number of hydrogen-bond acceptors (Lipinski definition) is 5. The molecule has 0 spiro atoms. The topological polar surface area (TPSA) is 93.7 Å². The van der Waals surface area contributed by atoms with Crippen LogP contribution in [0.3, 0.4) is 0 Å². The molecule has 2 rings (SSSR count). The smallest absolute Gasteiger partial charge is 0.416 e. The van der Waals surface area contributed by atoms with E-state index in [1.807, 2.05) is 0 Å². The summed E-state index contributed by atoms with van der Waals surface area (Å²) in [4.78, 5) is 36.3. The molecule has 0 saturated carbocycles. The Balaban J connectivity index is 1.88. The number of amides is 2. The van der Waals surface area contributed by atoms with Crippen molar-refractivity contribution in [2.24, 2.45) is 0 Å². The molecule has 0 aliphatic rings. The van der Waals surface area contributed by atoms with Crippen molar-refractivity contribution in [2.45, 2.75) is 26.1 Å². The molecular formula is C21H21F3N2O5. The normalized spacial score (nSPS) is 11.9. The highest BCUT2D eigenvalue weighted by molar-refractivity contribution is 5.99. The molecule has 0 aliphatic heterocycles. The molecule has 2 N–H and O–H groups in total. The summed E-state index contributed by atoms with van der Waals surface area (Å²) < 4.78 is 48.5. The summed E-state index contributed by atoms with van der Waals surface area (Å²) in [7, 11) is 0. The second-order valence-corrected chi connectivity index (χ2v) is 6.31. The molecule has 2 aromatic carbocycles. The number of esters is 1. The van der Waals surface area contributed by atoms with Crippen molar-refractivity contribution in [3.05, 3.63) is 59.7 Å². The molecule has 2 amide bonds. The van der Waals surface area contributed by atoms with Gasteiger partial charge in [0.15, 0.2) is 6.10 Å². The molecular weight excluding hydrogens is 417 g/mol. The van der Waals surface area contributed by atoms with Gasteiger partial charge in [-0.2, -0.15) is 13.2 Å². The van der Waals surface area contributed by atoms with E-state index in [2.05, 4.69) is 10.6 Å². The van der Waals surface area contributed by atoms with Gasteiger partial charge in [0.1, 0.15) is 12.3 Å². The first-order chi connectivity index (χ1) is 14.6. The number of nitrogens with one attached hydrogen (secondary N) is 2. The van der Waals surface area contributed by atoms with Gasteiger partial charge < -0.3 is 20.1 Å². The van der Waals surface area contributed by atoms with E-state index in [1.165, 1.54) is 19.1 Å². The van der Waals surface area contributed by atoms with Crippen LogP contribution >= 0.6 is 0 Å². The quantitative estimate of drug-likeness (QED) is 0.617. The molecule has 0 saturated heterocycles. The number of hydrogen-bond donors (Lipinski definition) is 2. The van der Waals surface area contributed by atoms with Crippen molar-refractivity contribution in [1.82, 2.24) is 5.32 Å². The highest BCUT2D eigenvalue weighted by Crippen LogP contribution is 2.30. The van der Waals surface area contributed by atoms with Gasteiger partial charge in [0.25, 0.3) is 11.8 Å². The van der Waals surface area contributed by atoms with E-state index in [1.54, 1.807) is 25.1 Å². The monoisotopic (exact) mass is 438 g/mol. The van der Waals surface area contributed by atoms with E-state index in [0.29, 0.717) is 12.4 Å². The lowest BCUT2D eigenvalue weighted by Gasteiger charge is -2.15. The van der Waals surface area contributed by atoms with Gasteiger partial charge in [0, 0.05) is 5.69 Å². The van der Waals surface area contributed by atoms with Gasteiger partial charge in [0.05, 0.1) is 17.7 Å². The standard InChI is InChI=1S/C21H21F3N2O5/c1-3-30-17-10-5-4-9-16(17)20(29)25-12-18(27)31-13(2)19(28)26-15-8-6-7-14(11-15)21(22,23)24/h4-11,13H,3,12H2,1-2H3,(H,25,29)(H,26,28). The van der Waals surface area contributed by atoms with E-state index < -0.39 is 42.2 Å². The summed E-state index contributed by atoms with van der Waals surface area (Å²) in [5.74, 6) is -1.93. The molecule has 0 aliphatic carbocycles. The third-order valence-corrected chi connectivity index (χ3v) is 3.96. The number of benzene rings is 2. The molecule has 10 heteroatoms. The first kappa shape index (κ1) is 23.7. The molecule has 2 aromatic rings. The predicted molar refractivity (Wildman–Crippen MR) is 106 cm³/mol. The van der Waals surface area contributed by atoms with E-state index >= 15 is 0 Å². The molecule has 1 atom stereocenters. The van der Waals surface area contributed by atoms with Crippen LogP contribution in [0, 0.1) is 0 Å². The summed E-state index contributed by atoms with van der Waals surface area (Å²) in [6, 6.07) is 10.5. The van der Waals surface area contributed by atoms with Crippen LogP contribution in [-0.4, -0.2) is 37.0 Å². The second-order valence-electron chi connectivity index (χ2n) is 6.31. The number of para-hydroxylation sites is 1. The fourth-order valence-electron chi connectivity index (χ4n) is 2.49. The Labute approximate surface area is 176 Å². The molecule has 7 nitrogen and oxygen atoms in total. The van der Waals surface area contributed by atoms with Crippen LogP contribution in [0.25, 0.3) is 0 Å². The zero-order valence-electron chi connectivity index (χ0n) is 16.8. The van der Waals surface area contributed by atoms with Gasteiger partial charge in [-0.15, -0.1) is 0 Å². The van der Waals surface area contributed by atoms with E-state index in [-0.39, 0.29) is 11.3 Å². The van der Waals surface area contributed by atoms with Crippen LogP contribution in [-0.2, 0) is 20.5 Å². The van der Waals surface area contributed by atoms with E-state index in [9.17, 15) is 27.6 Å². The SMILES string of the molecule is CCOc1ccccc1C(=O)NCC(=O)OC(C)C(=O)Nc1cccc(C(F)(F)F)c1. The summed E-state index contributed by atoms with van der Waals surface area (Å²) in [5.41, 5.74) is -0.791. The third kappa shape index (κ3) is 7.02. The average Bonchev–Trinajstić information content (AvgIpc) is 2.72. The maximum Gasteiger partial charge on any atom is 0.416 e. The zero-order chi connectivity index (χ0) is 23.0. The summed E-state index contributed by atoms with van der Waals surface area (Å²) in [6.45, 7) is 2.86. The lowest BCUT2D eigenvalue weighted by Crippen LogP contribution is -2.36. The Hall–Kier alpha value is -3.56. The molecule has 0 radical (unpaired) electrons. The average molecular weight is 438 g/mol. The molecule has 1 unspecified atom stereocenters. The first-order valence-electron chi connectivity index (χ1n) is 9.29. The Morgan fingerprint density at radius 1 is 1.06 bits per heavy atom. The maximum atomic E-state index is 12.8. The lowest BCUT2D eigenvalue weighted by molar-refractivity contribution is -0.152. The summed E-state index contributed by atoms with van der Waals surface area (Å²) >= 11 is 0. The minimum absolute atomic E-state index is 0.0939. The number of carbonyl (C=O) groups excluding carboxylic acids is 3. The molecule has 0 aromatic heterocycles. The van der Waals surface area contributed by atoms with Crippen LogP contribution in [0.1, 0.15) is 29.8 Å². The molecule has 166 valence electrons. The molecule has 0 fully saturated rings. The van der Waals surface area contributed by atoms with Crippen molar-refractivity contribution in [3.63, 3.8) is 0 Å². The van der Waals surface area contributed by atoms with Gasteiger partial charge in [-0.05, 0) is 44.2 Å². The Morgan fingerprint density at radius 3 is 2.45 bits per heavy atom. The fraction of sp³-hybridized carbons (Fsp3) is 0.286. The zero-order valence-corrected chi connectivity index (χ0v) is 16.8. The largest absolute Gasteiger partial charge is 0.493 e. The number of halogens is 3. The first-order valence-corrected chi connectivity index (χ1v) is 9.29. The van der Waals surface area contributed by atoms with Crippen molar-refractivity contribution in [1.29, 1.82) is 0 Å². The van der Waals surface area contributed by atoms with Crippen molar-refractivity contribution in [3.8, 4) is 5.75 Å². The van der Waals surface area contributed by atoms with Gasteiger partial charge in [-0.1, -0.05) is 18.2 Å². The number of anilines is 1. The molecule has 0 bridgehead atoms. The van der Waals surface area contributed by atoms with Crippen molar-refractivity contribution >= 4 is 23.5 Å². The number of rotatable bonds is 8. The Kier molecular flexibility index (Phi) is 8.00. The maximum absolute atomic E-state index is 12.8. The Morgan fingerprint density at radius 2 is 1.77 bits per heavy atom. The number of carbonyl (C=O) groups is 3. The Bertz CT molecular complexity index is 947. The van der Waals surface area contributed by atoms with Crippen LogP contribution in [0.15, 0.2) is 48.5 Å². The number of ether oxygens (including phenoxy) is 2. The predicted octanol–water partition coefficient (Wildman–Crippen LogP) is 3.40. The van der Waals surface area contributed by atoms with Crippen LogP contribution in [0.2, 0.25) is 0 Å². The van der Waals surface area contributed by atoms with Crippen molar-refractivity contribution in [2.75, 3.05) is 18.5 Å². The van der Waals surface area contributed by atoms with E-state index in [4.69, 9.17) is 9.47 Å². The van der Waals surface area contributed by atoms with Crippen LogP contribution in [0.5, 0.6) is 5.75 Å². The van der Waals surface area contributed by atoms with Crippen LogP contribution in [0.4, 0.5) is 18.9 Å². The lowest BCUT2D eigenvalue weighted by atomic mass is 10.2. The van der Waals surface area contributed by atoms with Crippen molar-refractivity contribution < 1.29 is 37.0 Å². The molecule has 31 heavy (non-hydrogen) atoms. The summed E-state index contributed by atoms with van der Waals surface area (Å²) in [6.07, 6.45) is -5.85. The highest BCUT2D eigenvalue weighted by atomic mass is 19.4. The van der Waals surface area contributed by atoms with E-state index in [0.717, 1.165) is 18.2 Å². The highest BCUT2D eigenvalue weighted by Gasteiger charge is 2.30.